The van der Waals surface area contributed by atoms with E-state index >= 15 is 0 Å². The zero-order valence-electron chi connectivity index (χ0n) is 13.2. The molecule has 1 aromatic rings. The Morgan fingerprint density at radius 3 is 2.57 bits per heavy atom. The molecule has 0 amide bonds. The fourth-order valence-corrected chi connectivity index (χ4v) is 3.24. The quantitative estimate of drug-likeness (QED) is 0.652. The van der Waals surface area contributed by atoms with Crippen LogP contribution in [-0.2, 0) is 0 Å². The Bertz CT molecular complexity index is 673. The zero-order chi connectivity index (χ0) is 15.0. The van der Waals surface area contributed by atoms with Crippen LogP contribution in [0.1, 0.15) is 34.1 Å². The van der Waals surface area contributed by atoms with Crippen molar-refractivity contribution in [1.29, 1.82) is 0 Å². The minimum absolute atomic E-state index is 0.0370. The molecule has 0 N–H and O–H groups in total. The molecular formula is C19H22N2. The van der Waals surface area contributed by atoms with Crippen molar-refractivity contribution < 1.29 is 0 Å². The predicted molar refractivity (Wildman–Crippen MR) is 90.7 cm³/mol. The lowest BCUT2D eigenvalue weighted by molar-refractivity contribution is 0.406. The van der Waals surface area contributed by atoms with Crippen LogP contribution in [-0.4, -0.2) is 17.0 Å². The molecule has 2 nitrogen and oxygen atoms in total. The van der Waals surface area contributed by atoms with Gasteiger partial charge in [-0.1, -0.05) is 25.1 Å². The van der Waals surface area contributed by atoms with E-state index in [-0.39, 0.29) is 5.54 Å². The Kier molecular flexibility index (Phi) is 3.40. The molecular weight excluding hydrogens is 256 g/mol. The normalized spacial score (nSPS) is 25.8. The van der Waals surface area contributed by atoms with Gasteiger partial charge in [0.05, 0.1) is 22.6 Å². The molecule has 0 bridgehead atoms. The smallest absolute Gasteiger partial charge is 0.0646 e. The summed E-state index contributed by atoms with van der Waals surface area (Å²) in [6, 6.07) is 10.1. The highest BCUT2D eigenvalue weighted by Crippen LogP contribution is 2.36. The van der Waals surface area contributed by atoms with Gasteiger partial charge in [0.15, 0.2) is 0 Å². The molecule has 2 heteroatoms. The van der Waals surface area contributed by atoms with Gasteiger partial charge in [0.25, 0.3) is 0 Å². The standard InChI is InChI=1S/C19H22N2/c1-13-10-16(20-15-8-6-5-7-9-15)11-17-14(2)12-19(3,4)21-18(13)17/h5-11,14H,12H2,1-4H3. The maximum absolute atomic E-state index is 4.93. The fourth-order valence-electron chi connectivity index (χ4n) is 3.24. The number of allylic oxidation sites excluding steroid dienone is 4. The zero-order valence-corrected chi connectivity index (χ0v) is 13.2. The first-order chi connectivity index (χ1) is 9.94. The molecule has 1 aromatic carbocycles. The summed E-state index contributed by atoms with van der Waals surface area (Å²) in [7, 11) is 0. The van der Waals surface area contributed by atoms with E-state index in [0.717, 1.165) is 17.8 Å². The van der Waals surface area contributed by atoms with Gasteiger partial charge >= 0.3 is 0 Å². The van der Waals surface area contributed by atoms with Crippen molar-refractivity contribution in [3.8, 4) is 0 Å². The molecule has 3 rings (SSSR count). The highest BCUT2D eigenvalue weighted by atomic mass is 14.9. The Balaban J connectivity index is 2.03. The second kappa shape index (κ2) is 5.10. The molecule has 1 unspecified atom stereocenters. The highest BCUT2D eigenvalue weighted by Gasteiger charge is 2.32. The van der Waals surface area contributed by atoms with Gasteiger partial charge in [0.1, 0.15) is 0 Å². The summed E-state index contributed by atoms with van der Waals surface area (Å²) in [5.74, 6) is 0.525. The second-order valence-corrected chi connectivity index (χ2v) is 6.68. The number of para-hydroxylation sites is 1. The SMILES string of the molecule is CC1=CC(=Nc2ccccc2)C=C2C1=NC(C)(C)CC2C. The molecule has 21 heavy (non-hydrogen) atoms. The summed E-state index contributed by atoms with van der Waals surface area (Å²) in [5, 5.41) is 0. The number of fused-ring (bicyclic) bond motifs is 1. The molecule has 2 aliphatic rings. The van der Waals surface area contributed by atoms with Crippen LogP contribution >= 0.6 is 0 Å². The molecule has 1 aliphatic heterocycles. The number of benzene rings is 1. The molecule has 1 heterocycles. The molecule has 108 valence electrons. The third-order valence-corrected chi connectivity index (χ3v) is 4.08. The number of nitrogens with zero attached hydrogens (tertiary/aromatic N) is 2. The van der Waals surface area contributed by atoms with E-state index in [1.165, 1.54) is 16.9 Å². The second-order valence-electron chi connectivity index (χ2n) is 6.68. The summed E-state index contributed by atoms with van der Waals surface area (Å²) in [6.45, 7) is 8.86. The average Bonchev–Trinajstić information content (AvgIpc) is 2.41. The van der Waals surface area contributed by atoms with Gasteiger partial charge in [0, 0.05) is 0 Å². The Labute approximate surface area is 127 Å². The van der Waals surface area contributed by atoms with Crippen LogP contribution in [0.5, 0.6) is 0 Å². The van der Waals surface area contributed by atoms with Crippen LogP contribution in [0, 0.1) is 5.92 Å². The van der Waals surface area contributed by atoms with Crippen molar-refractivity contribution in [1.82, 2.24) is 0 Å². The van der Waals surface area contributed by atoms with Gasteiger partial charge in [0.2, 0.25) is 0 Å². The van der Waals surface area contributed by atoms with E-state index in [1.54, 1.807) is 0 Å². The van der Waals surface area contributed by atoms with E-state index in [4.69, 9.17) is 9.98 Å². The monoisotopic (exact) mass is 278 g/mol. The summed E-state index contributed by atoms with van der Waals surface area (Å²) < 4.78 is 0. The van der Waals surface area contributed by atoms with E-state index in [9.17, 15) is 0 Å². The van der Waals surface area contributed by atoms with Crippen molar-refractivity contribution in [2.24, 2.45) is 15.9 Å². The minimum Gasteiger partial charge on any atom is -0.279 e. The average molecular weight is 278 g/mol. The van der Waals surface area contributed by atoms with Gasteiger partial charge in [-0.15, -0.1) is 0 Å². The van der Waals surface area contributed by atoms with E-state index in [2.05, 4.69) is 39.8 Å². The summed E-state index contributed by atoms with van der Waals surface area (Å²) in [6.07, 6.45) is 5.44. The minimum atomic E-state index is 0.0370. The molecule has 0 spiro atoms. The third-order valence-electron chi connectivity index (χ3n) is 4.08. The summed E-state index contributed by atoms with van der Waals surface area (Å²) in [5.41, 5.74) is 5.79. The first-order valence-corrected chi connectivity index (χ1v) is 7.59. The summed E-state index contributed by atoms with van der Waals surface area (Å²) >= 11 is 0. The lowest BCUT2D eigenvalue weighted by Gasteiger charge is -2.35. The van der Waals surface area contributed by atoms with Gasteiger partial charge in [-0.3, -0.25) is 4.99 Å². The van der Waals surface area contributed by atoms with E-state index in [1.807, 2.05) is 30.3 Å². The molecule has 1 aliphatic carbocycles. The Hall–Kier alpha value is -1.96. The third kappa shape index (κ3) is 2.90. The molecule has 0 fully saturated rings. The highest BCUT2D eigenvalue weighted by molar-refractivity contribution is 6.24. The lowest BCUT2D eigenvalue weighted by atomic mass is 9.77. The maximum Gasteiger partial charge on any atom is 0.0646 e. The molecule has 0 aromatic heterocycles. The number of rotatable bonds is 1. The number of hydrogen-bond donors (Lipinski definition) is 0. The largest absolute Gasteiger partial charge is 0.279 e. The van der Waals surface area contributed by atoms with Gasteiger partial charge in [-0.25, -0.2) is 4.99 Å². The fraction of sp³-hybridized carbons (Fsp3) is 0.368. The van der Waals surface area contributed by atoms with Crippen molar-refractivity contribution in [2.45, 2.75) is 39.7 Å². The van der Waals surface area contributed by atoms with Gasteiger partial charge in [-0.05, 0) is 68.5 Å². The molecule has 1 atom stereocenters. The van der Waals surface area contributed by atoms with E-state index in [0.29, 0.717) is 5.92 Å². The first-order valence-electron chi connectivity index (χ1n) is 7.59. The molecule has 0 saturated carbocycles. The van der Waals surface area contributed by atoms with Crippen LogP contribution in [0.3, 0.4) is 0 Å². The van der Waals surface area contributed by atoms with Gasteiger partial charge in [-0.2, -0.15) is 0 Å². The molecule has 0 radical (unpaired) electrons. The van der Waals surface area contributed by atoms with Crippen molar-refractivity contribution >= 4 is 17.1 Å². The van der Waals surface area contributed by atoms with Crippen molar-refractivity contribution in [3.05, 3.63) is 53.6 Å². The maximum atomic E-state index is 4.93. The number of aliphatic imine (C=N–C) groups is 2. The van der Waals surface area contributed by atoms with E-state index < -0.39 is 0 Å². The van der Waals surface area contributed by atoms with Crippen LogP contribution < -0.4 is 0 Å². The number of hydrogen-bond acceptors (Lipinski definition) is 2. The lowest BCUT2D eigenvalue weighted by Crippen LogP contribution is -2.33. The topological polar surface area (TPSA) is 24.7 Å². The van der Waals surface area contributed by atoms with Crippen LogP contribution in [0.2, 0.25) is 0 Å². The van der Waals surface area contributed by atoms with Crippen LogP contribution in [0.4, 0.5) is 5.69 Å². The Morgan fingerprint density at radius 1 is 1.14 bits per heavy atom. The van der Waals surface area contributed by atoms with Crippen LogP contribution in [0.15, 0.2) is 63.6 Å². The van der Waals surface area contributed by atoms with Crippen molar-refractivity contribution in [2.75, 3.05) is 0 Å². The van der Waals surface area contributed by atoms with Crippen LogP contribution in [0.25, 0.3) is 0 Å². The first kappa shape index (κ1) is 14.0. The molecule has 0 saturated heterocycles. The summed E-state index contributed by atoms with van der Waals surface area (Å²) in [4.78, 5) is 9.67. The van der Waals surface area contributed by atoms with Crippen molar-refractivity contribution in [3.63, 3.8) is 0 Å². The van der Waals surface area contributed by atoms with Gasteiger partial charge < -0.3 is 0 Å². The Morgan fingerprint density at radius 2 is 1.86 bits per heavy atom. The predicted octanol–water partition coefficient (Wildman–Crippen LogP) is 4.90.